The lowest BCUT2D eigenvalue weighted by atomic mass is 10.2. The average Bonchev–Trinajstić information content (AvgIpc) is 2.59. The van der Waals surface area contributed by atoms with Gasteiger partial charge < -0.3 is 10.2 Å². The Balaban J connectivity index is 2.86. The smallest absolute Gasteiger partial charge is 0.354 e. The Morgan fingerprint density at radius 2 is 2.00 bits per heavy atom. The fraction of sp³-hybridized carbons (Fsp3) is 0.111. The molecule has 0 aliphatic heterocycles. The molecule has 7 heteroatoms. The van der Waals surface area contributed by atoms with Crippen LogP contribution in [0.4, 0.5) is 0 Å². The molecule has 0 aromatic carbocycles. The topological polar surface area (TPSA) is 105 Å². The van der Waals surface area contributed by atoms with Crippen LogP contribution in [0.25, 0.3) is 11.0 Å². The summed E-state index contributed by atoms with van der Waals surface area (Å²) in [7, 11) is 1.57. The predicted molar refractivity (Wildman–Crippen MR) is 52.4 cm³/mol. The van der Waals surface area contributed by atoms with Crippen molar-refractivity contribution in [3.63, 3.8) is 0 Å². The Bertz CT molecular complexity index is 602. The minimum atomic E-state index is -1.27. The Morgan fingerprint density at radius 1 is 1.31 bits per heavy atom. The molecule has 0 radical (unpaired) electrons. The van der Waals surface area contributed by atoms with Gasteiger partial charge in [-0.05, 0) is 6.07 Å². The summed E-state index contributed by atoms with van der Waals surface area (Å²) in [5, 5.41) is 21.6. The first-order valence-electron chi connectivity index (χ1n) is 4.30. The standard InChI is InChI=1S/C9H7N3O4/c1-12-7-4(8(13)14)2-5(9(15)16)11-6(7)3-10-12/h2-3H,1H3,(H,13,14)(H,15,16). The second-order valence-corrected chi connectivity index (χ2v) is 3.17. The van der Waals surface area contributed by atoms with Crippen LogP contribution in [0.15, 0.2) is 12.3 Å². The third-order valence-corrected chi connectivity index (χ3v) is 2.15. The zero-order valence-corrected chi connectivity index (χ0v) is 8.21. The molecular weight excluding hydrogens is 214 g/mol. The van der Waals surface area contributed by atoms with Gasteiger partial charge in [-0.1, -0.05) is 0 Å². The highest BCUT2D eigenvalue weighted by atomic mass is 16.4. The van der Waals surface area contributed by atoms with Crippen molar-refractivity contribution in [1.29, 1.82) is 0 Å². The molecule has 7 nitrogen and oxygen atoms in total. The lowest BCUT2D eigenvalue weighted by Gasteiger charge is -2.01. The molecule has 82 valence electrons. The van der Waals surface area contributed by atoms with E-state index in [9.17, 15) is 9.59 Å². The second kappa shape index (κ2) is 3.30. The molecule has 0 atom stereocenters. The number of aromatic nitrogens is 3. The van der Waals surface area contributed by atoms with Gasteiger partial charge in [-0.25, -0.2) is 14.6 Å². The molecule has 0 aliphatic carbocycles. The van der Waals surface area contributed by atoms with E-state index < -0.39 is 11.9 Å². The summed E-state index contributed by atoms with van der Waals surface area (Å²) in [4.78, 5) is 25.5. The fourth-order valence-electron chi connectivity index (χ4n) is 1.46. The Labute approximate surface area is 88.9 Å². The normalized spacial score (nSPS) is 10.6. The maximum Gasteiger partial charge on any atom is 0.354 e. The van der Waals surface area contributed by atoms with Crippen molar-refractivity contribution in [3.8, 4) is 0 Å². The number of pyridine rings is 1. The number of fused-ring (bicyclic) bond motifs is 1. The van der Waals surface area contributed by atoms with Crippen LogP contribution in [0.2, 0.25) is 0 Å². The highest BCUT2D eigenvalue weighted by Crippen LogP contribution is 2.17. The van der Waals surface area contributed by atoms with Crippen molar-refractivity contribution in [1.82, 2.24) is 14.8 Å². The van der Waals surface area contributed by atoms with Gasteiger partial charge in [-0.2, -0.15) is 5.10 Å². The van der Waals surface area contributed by atoms with Crippen molar-refractivity contribution in [2.75, 3.05) is 0 Å². The third-order valence-electron chi connectivity index (χ3n) is 2.15. The molecule has 0 fully saturated rings. The van der Waals surface area contributed by atoms with Gasteiger partial charge in [0.15, 0.2) is 0 Å². The summed E-state index contributed by atoms with van der Waals surface area (Å²) in [6, 6.07) is 1.02. The maximum absolute atomic E-state index is 11.0. The highest BCUT2D eigenvalue weighted by Gasteiger charge is 2.17. The number of hydrogen-bond acceptors (Lipinski definition) is 4. The van der Waals surface area contributed by atoms with Gasteiger partial charge in [0.2, 0.25) is 0 Å². The molecular formula is C9H7N3O4. The van der Waals surface area contributed by atoms with Crippen molar-refractivity contribution < 1.29 is 19.8 Å². The molecule has 0 unspecified atom stereocenters. The van der Waals surface area contributed by atoms with Gasteiger partial charge in [0.25, 0.3) is 0 Å². The first-order valence-corrected chi connectivity index (χ1v) is 4.30. The van der Waals surface area contributed by atoms with Gasteiger partial charge in [0.05, 0.1) is 11.8 Å². The predicted octanol–water partition coefficient (Wildman–Crippen LogP) is 0.365. The van der Waals surface area contributed by atoms with Crippen molar-refractivity contribution >= 4 is 23.0 Å². The van der Waals surface area contributed by atoms with Crippen LogP contribution in [0.1, 0.15) is 20.8 Å². The van der Waals surface area contributed by atoms with E-state index in [1.807, 2.05) is 0 Å². The largest absolute Gasteiger partial charge is 0.478 e. The van der Waals surface area contributed by atoms with Gasteiger partial charge in [0.1, 0.15) is 16.7 Å². The van der Waals surface area contributed by atoms with E-state index >= 15 is 0 Å². The number of aromatic carboxylic acids is 2. The Kier molecular flexibility index (Phi) is 2.08. The van der Waals surface area contributed by atoms with Crippen LogP contribution in [-0.2, 0) is 7.05 Å². The summed E-state index contributed by atoms with van der Waals surface area (Å²) in [5.41, 5.74) is 0.123. The molecule has 2 aromatic heterocycles. The molecule has 2 rings (SSSR count). The van der Waals surface area contributed by atoms with E-state index in [0.29, 0.717) is 5.52 Å². The maximum atomic E-state index is 11.0. The number of hydrogen-bond donors (Lipinski definition) is 2. The molecule has 0 amide bonds. The molecule has 2 heterocycles. The molecule has 2 aromatic rings. The summed E-state index contributed by atoms with van der Waals surface area (Å²) < 4.78 is 1.34. The summed E-state index contributed by atoms with van der Waals surface area (Å²) in [6.45, 7) is 0. The van der Waals surface area contributed by atoms with Crippen molar-refractivity contribution in [2.45, 2.75) is 0 Å². The van der Waals surface area contributed by atoms with Crippen LogP contribution < -0.4 is 0 Å². The zero-order chi connectivity index (χ0) is 11.9. The van der Waals surface area contributed by atoms with Gasteiger partial charge >= 0.3 is 11.9 Å². The minimum Gasteiger partial charge on any atom is -0.478 e. The van der Waals surface area contributed by atoms with Crippen LogP contribution in [0, 0.1) is 0 Å². The molecule has 2 N–H and O–H groups in total. The van der Waals surface area contributed by atoms with Crippen LogP contribution in [0.5, 0.6) is 0 Å². The van der Waals surface area contributed by atoms with Crippen LogP contribution in [0.3, 0.4) is 0 Å². The number of carboxylic acid groups (broad SMARTS) is 2. The number of nitrogens with zero attached hydrogens (tertiary/aromatic N) is 3. The monoisotopic (exact) mass is 221 g/mol. The Hall–Kier alpha value is -2.44. The van der Waals surface area contributed by atoms with Gasteiger partial charge in [0, 0.05) is 7.05 Å². The second-order valence-electron chi connectivity index (χ2n) is 3.17. The first kappa shape index (κ1) is 10.1. The van der Waals surface area contributed by atoms with Crippen LogP contribution >= 0.6 is 0 Å². The zero-order valence-electron chi connectivity index (χ0n) is 8.21. The molecule has 0 saturated heterocycles. The number of carboxylic acids is 2. The Morgan fingerprint density at radius 3 is 2.56 bits per heavy atom. The van der Waals surface area contributed by atoms with E-state index in [4.69, 9.17) is 10.2 Å². The van der Waals surface area contributed by atoms with Crippen molar-refractivity contribution in [3.05, 3.63) is 23.5 Å². The van der Waals surface area contributed by atoms with Crippen LogP contribution in [-0.4, -0.2) is 36.9 Å². The van der Waals surface area contributed by atoms with E-state index in [1.54, 1.807) is 7.05 Å². The summed E-state index contributed by atoms with van der Waals surface area (Å²) in [5.74, 6) is -2.48. The van der Waals surface area contributed by atoms with E-state index in [1.165, 1.54) is 10.9 Å². The van der Waals surface area contributed by atoms with E-state index in [0.717, 1.165) is 6.07 Å². The van der Waals surface area contributed by atoms with E-state index in [2.05, 4.69) is 10.1 Å². The van der Waals surface area contributed by atoms with Crippen molar-refractivity contribution in [2.24, 2.45) is 7.05 Å². The highest BCUT2D eigenvalue weighted by molar-refractivity contribution is 6.03. The minimum absolute atomic E-state index is 0.123. The van der Waals surface area contributed by atoms with Gasteiger partial charge in [-0.3, -0.25) is 4.68 Å². The molecule has 0 bridgehead atoms. The summed E-state index contributed by atoms with van der Waals surface area (Å²) >= 11 is 0. The number of rotatable bonds is 2. The quantitative estimate of drug-likeness (QED) is 0.758. The third kappa shape index (κ3) is 1.38. The van der Waals surface area contributed by atoms with E-state index in [-0.39, 0.29) is 16.8 Å². The summed E-state index contributed by atoms with van der Waals surface area (Å²) in [6.07, 6.45) is 1.33. The van der Waals surface area contributed by atoms with Gasteiger partial charge in [-0.15, -0.1) is 0 Å². The molecule has 16 heavy (non-hydrogen) atoms. The lowest BCUT2D eigenvalue weighted by Crippen LogP contribution is -2.07. The molecule has 0 spiro atoms. The molecule has 0 saturated carbocycles. The average molecular weight is 221 g/mol. The molecule has 0 aliphatic rings. The lowest BCUT2D eigenvalue weighted by molar-refractivity contribution is 0.0691. The SMILES string of the molecule is Cn1ncc2nc(C(=O)O)cc(C(=O)O)c21. The number of aryl methyl sites for hydroxylation is 1. The first-order chi connectivity index (χ1) is 7.50. The number of carbonyl (C=O) groups is 2. The fourth-order valence-corrected chi connectivity index (χ4v) is 1.46.